The van der Waals surface area contributed by atoms with Gasteiger partial charge in [-0.2, -0.15) is 0 Å². The SMILES string of the molecule is C=CCOC(=O)c1sc(N2C(=O)C(=O)/C(=C(/O)c3nc4c(C)cccn4c3C)C2c2cccc(OCCCC)c2)nc1C. The Hall–Kier alpha value is -4.77. The van der Waals surface area contributed by atoms with Crippen LogP contribution in [0.1, 0.15) is 63.7 Å². The van der Waals surface area contributed by atoms with Gasteiger partial charge in [-0.15, -0.1) is 0 Å². The zero-order valence-electron chi connectivity index (χ0n) is 24.4. The highest BCUT2D eigenvalue weighted by Gasteiger charge is 2.49. The number of rotatable bonds is 10. The third kappa shape index (κ3) is 5.43. The van der Waals surface area contributed by atoms with Crippen LogP contribution in [0.25, 0.3) is 11.4 Å². The van der Waals surface area contributed by atoms with E-state index >= 15 is 0 Å². The summed E-state index contributed by atoms with van der Waals surface area (Å²) in [7, 11) is 0. The minimum atomic E-state index is -1.07. The molecule has 3 aromatic heterocycles. The second-order valence-corrected chi connectivity index (χ2v) is 11.1. The van der Waals surface area contributed by atoms with E-state index in [0.717, 1.165) is 29.7 Å². The maximum Gasteiger partial charge on any atom is 0.350 e. The van der Waals surface area contributed by atoms with Crippen LogP contribution in [-0.2, 0) is 14.3 Å². The number of aryl methyl sites for hydroxylation is 3. The van der Waals surface area contributed by atoms with Crippen LogP contribution in [0.2, 0.25) is 0 Å². The average molecular weight is 601 g/mol. The summed E-state index contributed by atoms with van der Waals surface area (Å²) >= 11 is 0.937. The van der Waals surface area contributed by atoms with Gasteiger partial charge in [0.15, 0.2) is 10.9 Å². The molecule has 43 heavy (non-hydrogen) atoms. The lowest BCUT2D eigenvalue weighted by atomic mass is 9.96. The van der Waals surface area contributed by atoms with Crippen molar-refractivity contribution in [3.05, 3.63) is 93.9 Å². The Morgan fingerprint density at radius 2 is 1.95 bits per heavy atom. The molecule has 1 amide bonds. The van der Waals surface area contributed by atoms with Gasteiger partial charge < -0.3 is 19.0 Å². The summed E-state index contributed by atoms with van der Waals surface area (Å²) in [4.78, 5) is 50.7. The fraction of sp³-hybridized carbons (Fsp3) is 0.281. The molecule has 1 N–H and O–H groups in total. The van der Waals surface area contributed by atoms with E-state index in [-0.39, 0.29) is 27.9 Å². The Morgan fingerprint density at radius 1 is 1.16 bits per heavy atom. The molecule has 1 aliphatic rings. The van der Waals surface area contributed by atoms with Gasteiger partial charge in [-0.05, 0) is 56.5 Å². The molecule has 0 radical (unpaired) electrons. The van der Waals surface area contributed by atoms with E-state index in [4.69, 9.17) is 9.47 Å². The predicted octanol–water partition coefficient (Wildman–Crippen LogP) is 5.86. The van der Waals surface area contributed by atoms with Gasteiger partial charge >= 0.3 is 11.9 Å². The monoisotopic (exact) mass is 600 g/mol. The van der Waals surface area contributed by atoms with Crippen LogP contribution in [0.5, 0.6) is 5.75 Å². The fourth-order valence-corrected chi connectivity index (χ4v) is 5.99. The van der Waals surface area contributed by atoms with Crippen molar-refractivity contribution in [1.29, 1.82) is 0 Å². The van der Waals surface area contributed by atoms with Crippen LogP contribution in [0.3, 0.4) is 0 Å². The molecule has 1 aliphatic heterocycles. The summed E-state index contributed by atoms with van der Waals surface area (Å²) in [5, 5.41) is 11.9. The van der Waals surface area contributed by atoms with Crippen molar-refractivity contribution in [2.75, 3.05) is 18.1 Å². The molecule has 1 unspecified atom stereocenters. The molecule has 5 rings (SSSR count). The number of carbonyl (C=O) groups is 3. The number of aliphatic hydroxyl groups is 1. The molecule has 4 heterocycles. The largest absolute Gasteiger partial charge is 0.505 e. The number of carbonyl (C=O) groups excluding carboxylic acids is 3. The Labute approximate surface area is 252 Å². The molecule has 1 saturated heterocycles. The second kappa shape index (κ2) is 12.2. The molecule has 222 valence electrons. The first kappa shape index (κ1) is 29.7. The number of ether oxygens (including phenoxy) is 2. The zero-order chi connectivity index (χ0) is 30.8. The number of hydrogen-bond acceptors (Lipinski definition) is 9. The third-order valence-corrected chi connectivity index (χ3v) is 8.34. The van der Waals surface area contributed by atoms with E-state index in [1.807, 2.05) is 29.7 Å². The maximum absolute atomic E-state index is 13.7. The topological polar surface area (TPSA) is 123 Å². The first-order chi connectivity index (χ1) is 20.7. The lowest BCUT2D eigenvalue weighted by Gasteiger charge is -2.23. The Balaban J connectivity index is 1.69. The number of pyridine rings is 1. The van der Waals surface area contributed by atoms with Crippen LogP contribution < -0.4 is 9.64 Å². The number of Topliss-reactive ketones (excluding diaryl/α,β-unsaturated/α-hetero) is 1. The van der Waals surface area contributed by atoms with Gasteiger partial charge in [0.05, 0.1) is 29.6 Å². The number of aliphatic hydroxyl groups excluding tert-OH is 1. The van der Waals surface area contributed by atoms with E-state index in [1.165, 1.54) is 11.0 Å². The molecular formula is C32H32N4O6S. The van der Waals surface area contributed by atoms with Gasteiger partial charge in [-0.3, -0.25) is 14.5 Å². The van der Waals surface area contributed by atoms with Gasteiger partial charge in [-0.25, -0.2) is 14.8 Å². The molecule has 0 aliphatic carbocycles. The summed E-state index contributed by atoms with van der Waals surface area (Å²) in [5.41, 5.74) is 3.04. The van der Waals surface area contributed by atoms with Crippen molar-refractivity contribution >= 4 is 45.5 Å². The minimum Gasteiger partial charge on any atom is -0.505 e. The predicted molar refractivity (Wildman–Crippen MR) is 164 cm³/mol. The highest BCUT2D eigenvalue weighted by molar-refractivity contribution is 7.17. The third-order valence-electron chi connectivity index (χ3n) is 7.20. The number of unbranched alkanes of at least 4 members (excludes halogenated alkanes) is 1. The average Bonchev–Trinajstić information content (AvgIpc) is 3.63. The van der Waals surface area contributed by atoms with Crippen molar-refractivity contribution in [3.8, 4) is 5.75 Å². The molecular weight excluding hydrogens is 568 g/mol. The molecule has 0 spiro atoms. The summed E-state index contributed by atoms with van der Waals surface area (Å²) in [6.07, 6.45) is 5.09. The molecule has 4 aromatic rings. The van der Waals surface area contributed by atoms with Crippen molar-refractivity contribution in [2.45, 2.75) is 46.6 Å². The van der Waals surface area contributed by atoms with Crippen LogP contribution in [0.4, 0.5) is 5.13 Å². The molecule has 10 nitrogen and oxygen atoms in total. The summed E-state index contributed by atoms with van der Waals surface area (Å²) in [6.45, 7) is 11.4. The van der Waals surface area contributed by atoms with E-state index in [1.54, 1.807) is 38.1 Å². The Kier molecular flexibility index (Phi) is 8.45. The minimum absolute atomic E-state index is 0.0126. The van der Waals surface area contributed by atoms with E-state index in [9.17, 15) is 19.5 Å². The fourth-order valence-electron chi connectivity index (χ4n) is 5.00. The smallest absolute Gasteiger partial charge is 0.350 e. The Morgan fingerprint density at radius 3 is 2.67 bits per heavy atom. The van der Waals surface area contributed by atoms with Crippen molar-refractivity contribution < 1.29 is 29.0 Å². The molecule has 1 fully saturated rings. The number of thiazole rings is 1. The highest BCUT2D eigenvalue weighted by Crippen LogP contribution is 2.44. The quantitative estimate of drug-likeness (QED) is 0.0599. The highest BCUT2D eigenvalue weighted by atomic mass is 32.1. The Bertz CT molecular complexity index is 1790. The van der Waals surface area contributed by atoms with Crippen LogP contribution in [0.15, 0.2) is 60.8 Å². The first-order valence-corrected chi connectivity index (χ1v) is 14.7. The van der Waals surface area contributed by atoms with Crippen LogP contribution >= 0.6 is 11.3 Å². The maximum atomic E-state index is 13.7. The number of fused-ring (bicyclic) bond motifs is 1. The van der Waals surface area contributed by atoms with Crippen molar-refractivity contribution in [2.24, 2.45) is 0 Å². The molecule has 1 aromatic carbocycles. The summed E-state index contributed by atoms with van der Waals surface area (Å²) in [6, 6.07) is 9.76. The number of hydrogen-bond donors (Lipinski definition) is 1. The number of aromatic nitrogens is 3. The van der Waals surface area contributed by atoms with Gasteiger partial charge in [-0.1, -0.05) is 55.5 Å². The lowest BCUT2D eigenvalue weighted by Crippen LogP contribution is -2.29. The number of benzene rings is 1. The van der Waals surface area contributed by atoms with Gasteiger partial charge in [0, 0.05) is 6.20 Å². The van der Waals surface area contributed by atoms with Gasteiger partial charge in [0.25, 0.3) is 5.78 Å². The number of amides is 1. The standard InChI is InChI=1S/C32H32N4O6S/c1-6-8-16-41-22-13-9-12-21(17-22)25-23(26(37)24-20(5)35-14-10-11-18(3)29(35)34-24)27(38)30(39)36(25)32-33-19(4)28(43-32)31(40)42-15-7-2/h7,9-14,17,25,37H,2,6,8,15-16H2,1,3-5H3/b26-23+. The molecule has 11 heteroatoms. The van der Waals surface area contributed by atoms with E-state index in [2.05, 4.69) is 23.5 Å². The van der Waals surface area contributed by atoms with Crippen LogP contribution in [-0.4, -0.2) is 50.3 Å². The van der Waals surface area contributed by atoms with Crippen molar-refractivity contribution in [3.63, 3.8) is 0 Å². The molecule has 0 saturated carbocycles. The van der Waals surface area contributed by atoms with Gasteiger partial charge in [0.2, 0.25) is 0 Å². The first-order valence-electron chi connectivity index (χ1n) is 13.9. The van der Waals surface area contributed by atoms with Crippen LogP contribution in [0, 0.1) is 20.8 Å². The number of nitrogens with zero attached hydrogens (tertiary/aromatic N) is 4. The molecule has 0 bridgehead atoms. The van der Waals surface area contributed by atoms with Crippen molar-refractivity contribution in [1.82, 2.24) is 14.4 Å². The molecule has 1 atom stereocenters. The summed E-state index contributed by atoms with van der Waals surface area (Å²) in [5.74, 6) is -2.24. The number of imidazole rings is 1. The lowest BCUT2D eigenvalue weighted by molar-refractivity contribution is -0.132. The number of esters is 1. The normalized spacial score (nSPS) is 16.2. The number of ketones is 1. The van der Waals surface area contributed by atoms with Gasteiger partial charge in [0.1, 0.15) is 28.6 Å². The zero-order valence-corrected chi connectivity index (χ0v) is 25.2. The summed E-state index contributed by atoms with van der Waals surface area (Å²) < 4.78 is 12.9. The van der Waals surface area contributed by atoms with E-state index in [0.29, 0.717) is 35.0 Å². The second-order valence-electron chi connectivity index (χ2n) is 10.2. The number of anilines is 1. The van der Waals surface area contributed by atoms with E-state index < -0.39 is 29.5 Å².